The smallest absolute Gasteiger partial charge is 0.197 e. The summed E-state index contributed by atoms with van der Waals surface area (Å²) in [6, 6.07) is 6.38. The van der Waals surface area contributed by atoms with Gasteiger partial charge in [0.05, 0.1) is 0 Å². The summed E-state index contributed by atoms with van der Waals surface area (Å²) in [6.45, 7) is 8.74. The fraction of sp³-hybridized carbons (Fsp3) is 0.562. The number of nitrogens with zero attached hydrogens (tertiary/aromatic N) is 1. The van der Waals surface area contributed by atoms with E-state index in [0.29, 0.717) is 6.42 Å². The summed E-state index contributed by atoms with van der Waals surface area (Å²) in [4.78, 5) is 4.56. The lowest BCUT2D eigenvalue weighted by Gasteiger charge is -2.18. The van der Waals surface area contributed by atoms with Gasteiger partial charge in [-0.2, -0.15) is 0 Å². The van der Waals surface area contributed by atoms with Gasteiger partial charge < -0.3 is 10.2 Å². The molecule has 1 aromatic carbocycles. The zero-order valence-corrected chi connectivity index (χ0v) is 12.4. The lowest BCUT2D eigenvalue weighted by Crippen LogP contribution is -2.22. The van der Waals surface area contributed by atoms with Gasteiger partial charge in [0.1, 0.15) is 5.52 Å². The van der Waals surface area contributed by atoms with Crippen LogP contribution >= 0.6 is 0 Å². The number of nitrogens with two attached hydrogens (primary N) is 1. The molecule has 0 spiro atoms. The van der Waals surface area contributed by atoms with Gasteiger partial charge in [-0.05, 0) is 29.5 Å². The van der Waals surface area contributed by atoms with Crippen LogP contribution < -0.4 is 5.73 Å². The van der Waals surface area contributed by atoms with Crippen LogP contribution in [0.2, 0.25) is 0 Å². The summed E-state index contributed by atoms with van der Waals surface area (Å²) in [5.74, 6) is 0.752. The monoisotopic (exact) mass is 260 g/mol. The third-order valence-corrected chi connectivity index (χ3v) is 3.39. The fourth-order valence-electron chi connectivity index (χ4n) is 2.23. The molecule has 3 nitrogen and oxygen atoms in total. The summed E-state index contributed by atoms with van der Waals surface area (Å²) < 4.78 is 5.76. The highest BCUT2D eigenvalue weighted by atomic mass is 16.3. The number of aromatic nitrogens is 1. The van der Waals surface area contributed by atoms with Gasteiger partial charge in [0.25, 0.3) is 0 Å². The SMILES string of the molecule is CCCC(N)Cc1nc2cc(C(C)(C)C)ccc2o1. The average molecular weight is 260 g/mol. The van der Waals surface area contributed by atoms with E-state index in [4.69, 9.17) is 10.2 Å². The minimum atomic E-state index is 0.131. The Kier molecular flexibility index (Phi) is 3.95. The third kappa shape index (κ3) is 3.35. The lowest BCUT2D eigenvalue weighted by molar-refractivity contribution is 0.481. The van der Waals surface area contributed by atoms with Crippen LogP contribution in [-0.2, 0) is 11.8 Å². The van der Waals surface area contributed by atoms with Crippen LogP contribution in [0.1, 0.15) is 52.0 Å². The molecule has 104 valence electrons. The van der Waals surface area contributed by atoms with Crippen molar-refractivity contribution < 1.29 is 4.42 Å². The Labute approximate surface area is 115 Å². The maximum absolute atomic E-state index is 6.04. The Morgan fingerprint density at radius 3 is 2.68 bits per heavy atom. The van der Waals surface area contributed by atoms with Gasteiger partial charge in [-0.3, -0.25) is 0 Å². The Bertz CT molecular complexity index is 551. The first kappa shape index (κ1) is 14.1. The minimum Gasteiger partial charge on any atom is -0.441 e. The number of oxazole rings is 1. The Morgan fingerprint density at radius 2 is 2.05 bits per heavy atom. The first-order valence-electron chi connectivity index (χ1n) is 7.05. The molecule has 2 rings (SSSR count). The van der Waals surface area contributed by atoms with Crippen molar-refractivity contribution >= 4 is 11.1 Å². The molecule has 1 heterocycles. The van der Waals surface area contributed by atoms with Gasteiger partial charge in [0.2, 0.25) is 0 Å². The van der Waals surface area contributed by atoms with E-state index in [1.165, 1.54) is 5.56 Å². The second kappa shape index (κ2) is 5.33. The number of benzene rings is 1. The summed E-state index contributed by atoms with van der Waals surface area (Å²) in [7, 11) is 0. The van der Waals surface area contributed by atoms with Crippen LogP contribution in [-0.4, -0.2) is 11.0 Å². The van der Waals surface area contributed by atoms with Gasteiger partial charge in [-0.25, -0.2) is 4.98 Å². The van der Waals surface area contributed by atoms with Crippen molar-refractivity contribution in [1.82, 2.24) is 4.98 Å². The van der Waals surface area contributed by atoms with E-state index in [0.717, 1.165) is 29.8 Å². The van der Waals surface area contributed by atoms with Crippen molar-refractivity contribution in [2.45, 2.75) is 58.4 Å². The number of fused-ring (bicyclic) bond motifs is 1. The van der Waals surface area contributed by atoms with Crippen molar-refractivity contribution in [2.75, 3.05) is 0 Å². The quantitative estimate of drug-likeness (QED) is 0.909. The summed E-state index contributed by atoms with van der Waals surface area (Å²) in [5, 5.41) is 0. The zero-order chi connectivity index (χ0) is 14.0. The summed E-state index contributed by atoms with van der Waals surface area (Å²) >= 11 is 0. The molecule has 2 aromatic rings. The fourth-order valence-corrected chi connectivity index (χ4v) is 2.23. The predicted molar refractivity (Wildman–Crippen MR) is 79.3 cm³/mol. The number of hydrogen-bond donors (Lipinski definition) is 1. The van der Waals surface area contributed by atoms with Gasteiger partial charge in [0, 0.05) is 12.5 Å². The van der Waals surface area contributed by atoms with Crippen LogP contribution in [0.4, 0.5) is 0 Å². The van der Waals surface area contributed by atoms with E-state index in [2.05, 4.69) is 44.8 Å². The van der Waals surface area contributed by atoms with Gasteiger partial charge >= 0.3 is 0 Å². The van der Waals surface area contributed by atoms with Crippen LogP contribution in [0.15, 0.2) is 22.6 Å². The Hall–Kier alpha value is -1.35. The molecular formula is C16H24N2O. The maximum atomic E-state index is 6.04. The molecule has 0 aliphatic carbocycles. The van der Waals surface area contributed by atoms with Crippen molar-refractivity contribution in [3.05, 3.63) is 29.7 Å². The topological polar surface area (TPSA) is 52.0 Å². The van der Waals surface area contributed by atoms with E-state index in [9.17, 15) is 0 Å². The van der Waals surface area contributed by atoms with Crippen LogP contribution in [0.5, 0.6) is 0 Å². The molecule has 1 atom stereocenters. The molecule has 0 radical (unpaired) electrons. The molecular weight excluding hydrogens is 236 g/mol. The Balaban J connectivity index is 2.26. The summed E-state index contributed by atoms with van der Waals surface area (Å²) in [6.07, 6.45) is 2.81. The highest BCUT2D eigenvalue weighted by molar-refractivity contribution is 5.73. The average Bonchev–Trinajstić information content (AvgIpc) is 2.68. The lowest BCUT2D eigenvalue weighted by atomic mass is 9.87. The molecule has 3 heteroatoms. The van der Waals surface area contributed by atoms with Gasteiger partial charge in [-0.1, -0.05) is 40.2 Å². The molecule has 1 aromatic heterocycles. The normalized spacial score (nSPS) is 13.9. The molecule has 19 heavy (non-hydrogen) atoms. The summed E-state index contributed by atoms with van der Waals surface area (Å²) in [5.41, 5.74) is 9.23. The molecule has 0 aliphatic rings. The van der Waals surface area contributed by atoms with Crippen molar-refractivity contribution in [3.63, 3.8) is 0 Å². The largest absolute Gasteiger partial charge is 0.441 e. The van der Waals surface area contributed by atoms with Crippen molar-refractivity contribution in [3.8, 4) is 0 Å². The molecule has 0 saturated heterocycles. The molecule has 0 saturated carbocycles. The minimum absolute atomic E-state index is 0.131. The molecule has 0 bridgehead atoms. The van der Waals surface area contributed by atoms with E-state index in [1.54, 1.807) is 0 Å². The predicted octanol–water partition coefficient (Wildman–Crippen LogP) is 3.80. The third-order valence-electron chi connectivity index (χ3n) is 3.39. The van der Waals surface area contributed by atoms with Crippen molar-refractivity contribution in [1.29, 1.82) is 0 Å². The highest BCUT2D eigenvalue weighted by Crippen LogP contribution is 2.26. The van der Waals surface area contributed by atoms with E-state index >= 15 is 0 Å². The van der Waals surface area contributed by atoms with E-state index < -0.39 is 0 Å². The maximum Gasteiger partial charge on any atom is 0.197 e. The first-order valence-corrected chi connectivity index (χ1v) is 7.05. The first-order chi connectivity index (χ1) is 8.90. The molecule has 0 aliphatic heterocycles. The molecule has 1 unspecified atom stereocenters. The Morgan fingerprint density at radius 1 is 1.32 bits per heavy atom. The van der Waals surface area contributed by atoms with E-state index in [-0.39, 0.29) is 11.5 Å². The second-order valence-corrected chi connectivity index (χ2v) is 6.29. The van der Waals surface area contributed by atoms with Crippen LogP contribution in [0.3, 0.4) is 0 Å². The van der Waals surface area contributed by atoms with Crippen LogP contribution in [0, 0.1) is 0 Å². The number of hydrogen-bond acceptors (Lipinski definition) is 3. The van der Waals surface area contributed by atoms with Crippen molar-refractivity contribution in [2.24, 2.45) is 5.73 Å². The molecule has 0 amide bonds. The standard InChI is InChI=1S/C16H24N2O/c1-5-6-12(17)10-15-18-13-9-11(16(2,3)4)7-8-14(13)19-15/h7-9,12H,5-6,10,17H2,1-4H3. The molecule has 2 N–H and O–H groups in total. The number of rotatable bonds is 4. The van der Waals surface area contributed by atoms with Gasteiger partial charge in [-0.15, -0.1) is 0 Å². The highest BCUT2D eigenvalue weighted by Gasteiger charge is 2.16. The van der Waals surface area contributed by atoms with Crippen LogP contribution in [0.25, 0.3) is 11.1 Å². The van der Waals surface area contributed by atoms with E-state index in [1.807, 2.05) is 6.07 Å². The zero-order valence-electron chi connectivity index (χ0n) is 12.4. The second-order valence-electron chi connectivity index (χ2n) is 6.29. The molecule has 0 fully saturated rings. The van der Waals surface area contributed by atoms with Gasteiger partial charge in [0.15, 0.2) is 11.5 Å².